The van der Waals surface area contributed by atoms with Crippen LogP contribution in [-0.4, -0.2) is 19.5 Å². The first-order chi connectivity index (χ1) is 7.51. The molecule has 0 radical (unpaired) electrons. The number of Topliss-reactive ketones (excluding diaryl/α,β-unsaturated/α-hetero) is 1. The lowest BCUT2D eigenvalue weighted by Gasteiger charge is -2.11. The summed E-state index contributed by atoms with van der Waals surface area (Å²) in [5.41, 5.74) is 0. The van der Waals surface area contributed by atoms with Gasteiger partial charge in [-0.05, 0) is 34.5 Å². The van der Waals surface area contributed by atoms with Crippen LogP contribution in [0, 0.1) is 0 Å². The Hall–Kier alpha value is -0.680. The predicted molar refractivity (Wildman–Crippen MR) is 64.0 cm³/mol. The first-order valence-corrected chi connectivity index (χ1v) is 7.36. The van der Waals surface area contributed by atoms with Gasteiger partial charge < -0.3 is 0 Å². The number of ketones is 1. The summed E-state index contributed by atoms with van der Waals surface area (Å²) < 4.78 is 25.0. The summed E-state index contributed by atoms with van der Waals surface area (Å²) in [6.45, 7) is 0. The van der Waals surface area contributed by atoms with Crippen molar-refractivity contribution in [3.63, 3.8) is 0 Å². The standard InChI is InChI=1S/C11H11BrO3S/c12-10-3-1-2-4-11(10)16(14,15)9-6-5-8(13)7-9/h1-4,9H,5-7H2. The molecule has 1 aliphatic rings. The largest absolute Gasteiger partial charge is 0.300 e. The molecule has 1 saturated carbocycles. The first-order valence-electron chi connectivity index (χ1n) is 5.02. The topological polar surface area (TPSA) is 51.2 Å². The van der Waals surface area contributed by atoms with E-state index in [-0.39, 0.29) is 17.1 Å². The summed E-state index contributed by atoms with van der Waals surface area (Å²) >= 11 is 3.23. The zero-order valence-corrected chi connectivity index (χ0v) is 10.9. The van der Waals surface area contributed by atoms with Gasteiger partial charge in [0, 0.05) is 17.3 Å². The number of hydrogen-bond donors (Lipinski definition) is 0. The SMILES string of the molecule is O=C1CCC(S(=O)(=O)c2ccccc2Br)C1. The van der Waals surface area contributed by atoms with Crippen LogP contribution in [0.5, 0.6) is 0 Å². The maximum absolute atomic E-state index is 12.2. The molecule has 1 aromatic rings. The molecule has 1 atom stereocenters. The van der Waals surface area contributed by atoms with E-state index in [1.165, 1.54) is 0 Å². The summed E-state index contributed by atoms with van der Waals surface area (Å²) in [5, 5.41) is -0.543. The van der Waals surface area contributed by atoms with Crippen LogP contribution in [0.1, 0.15) is 19.3 Å². The van der Waals surface area contributed by atoms with Crippen molar-refractivity contribution in [3.05, 3.63) is 28.7 Å². The molecule has 0 spiro atoms. The average Bonchev–Trinajstić information content (AvgIpc) is 2.66. The van der Waals surface area contributed by atoms with Crippen LogP contribution in [0.15, 0.2) is 33.6 Å². The van der Waals surface area contributed by atoms with E-state index in [1.807, 2.05) is 0 Å². The van der Waals surface area contributed by atoms with E-state index in [0.717, 1.165) is 0 Å². The minimum atomic E-state index is -3.37. The highest BCUT2D eigenvalue weighted by Gasteiger charge is 2.35. The van der Waals surface area contributed by atoms with Gasteiger partial charge in [-0.15, -0.1) is 0 Å². The molecule has 3 nitrogen and oxygen atoms in total. The Bertz CT molecular complexity index is 522. The summed E-state index contributed by atoms with van der Waals surface area (Å²) in [6, 6.07) is 6.73. The quantitative estimate of drug-likeness (QED) is 0.842. The fourth-order valence-electron chi connectivity index (χ4n) is 1.90. The summed E-state index contributed by atoms with van der Waals surface area (Å²) in [6.07, 6.45) is 0.987. The van der Waals surface area contributed by atoms with Crippen LogP contribution in [0.25, 0.3) is 0 Å². The second-order valence-electron chi connectivity index (χ2n) is 3.88. The molecule has 0 N–H and O–H groups in total. The van der Waals surface area contributed by atoms with Crippen LogP contribution in [0.2, 0.25) is 0 Å². The maximum Gasteiger partial charge on any atom is 0.182 e. The van der Waals surface area contributed by atoms with Crippen LogP contribution < -0.4 is 0 Å². The van der Waals surface area contributed by atoms with Gasteiger partial charge in [0.05, 0.1) is 10.1 Å². The number of carbonyl (C=O) groups excluding carboxylic acids is 1. The summed E-state index contributed by atoms with van der Waals surface area (Å²) in [7, 11) is -3.37. The van der Waals surface area contributed by atoms with Gasteiger partial charge in [0.2, 0.25) is 0 Å². The van der Waals surface area contributed by atoms with E-state index in [0.29, 0.717) is 17.3 Å². The number of hydrogen-bond acceptors (Lipinski definition) is 3. The van der Waals surface area contributed by atoms with E-state index >= 15 is 0 Å². The molecule has 5 heteroatoms. The van der Waals surface area contributed by atoms with Crippen molar-refractivity contribution in [1.29, 1.82) is 0 Å². The minimum Gasteiger partial charge on any atom is -0.300 e. The number of benzene rings is 1. The summed E-state index contributed by atoms with van der Waals surface area (Å²) in [5.74, 6) is 0.0422. The van der Waals surface area contributed by atoms with Gasteiger partial charge in [-0.1, -0.05) is 12.1 Å². The van der Waals surface area contributed by atoms with Crippen LogP contribution in [0.3, 0.4) is 0 Å². The Balaban J connectivity index is 2.40. The smallest absolute Gasteiger partial charge is 0.182 e. The molecule has 0 amide bonds. The van der Waals surface area contributed by atoms with Crippen molar-refractivity contribution < 1.29 is 13.2 Å². The van der Waals surface area contributed by atoms with Gasteiger partial charge in [-0.2, -0.15) is 0 Å². The van der Waals surface area contributed by atoms with Gasteiger partial charge in [-0.25, -0.2) is 8.42 Å². The highest BCUT2D eigenvalue weighted by atomic mass is 79.9. The lowest BCUT2D eigenvalue weighted by atomic mass is 10.4. The number of carbonyl (C=O) groups is 1. The summed E-state index contributed by atoms with van der Waals surface area (Å²) in [4.78, 5) is 11.4. The second kappa shape index (κ2) is 4.30. The first kappa shape index (κ1) is 11.8. The Morgan fingerprint density at radius 3 is 2.50 bits per heavy atom. The second-order valence-corrected chi connectivity index (χ2v) is 6.93. The zero-order valence-electron chi connectivity index (χ0n) is 8.52. The molecule has 16 heavy (non-hydrogen) atoms. The maximum atomic E-state index is 12.2. The van der Waals surface area contributed by atoms with Gasteiger partial charge in [0.15, 0.2) is 9.84 Å². The molecule has 0 aromatic heterocycles. The fraction of sp³-hybridized carbons (Fsp3) is 0.364. The fourth-order valence-corrected chi connectivity index (χ4v) is 4.66. The van der Waals surface area contributed by atoms with E-state index in [9.17, 15) is 13.2 Å². The third-order valence-corrected chi connectivity index (χ3v) is 5.99. The van der Waals surface area contributed by atoms with Gasteiger partial charge in [-0.3, -0.25) is 4.79 Å². The third-order valence-electron chi connectivity index (χ3n) is 2.78. The van der Waals surface area contributed by atoms with Crippen molar-refractivity contribution in [1.82, 2.24) is 0 Å². The monoisotopic (exact) mass is 302 g/mol. The highest BCUT2D eigenvalue weighted by Crippen LogP contribution is 2.31. The van der Waals surface area contributed by atoms with Gasteiger partial charge in [0.25, 0.3) is 0 Å². The predicted octanol–water partition coefficient (Wildman–Crippen LogP) is 2.34. The van der Waals surface area contributed by atoms with Crippen molar-refractivity contribution in [2.45, 2.75) is 29.4 Å². The van der Waals surface area contributed by atoms with Crippen molar-refractivity contribution in [2.24, 2.45) is 0 Å². The molecule has 1 fully saturated rings. The Kier molecular flexibility index (Phi) is 3.17. The molecule has 0 heterocycles. The van der Waals surface area contributed by atoms with Gasteiger partial charge >= 0.3 is 0 Å². The lowest BCUT2D eigenvalue weighted by molar-refractivity contribution is -0.117. The van der Waals surface area contributed by atoms with Crippen molar-refractivity contribution in [3.8, 4) is 0 Å². The molecule has 2 rings (SSSR count). The Morgan fingerprint density at radius 1 is 1.25 bits per heavy atom. The number of sulfone groups is 1. The number of halogens is 1. The molecule has 86 valence electrons. The Morgan fingerprint density at radius 2 is 1.94 bits per heavy atom. The molecule has 1 unspecified atom stereocenters. The van der Waals surface area contributed by atoms with Crippen LogP contribution >= 0.6 is 15.9 Å². The van der Waals surface area contributed by atoms with E-state index in [4.69, 9.17) is 0 Å². The van der Waals surface area contributed by atoms with Gasteiger partial charge in [0.1, 0.15) is 5.78 Å². The molecule has 0 aliphatic heterocycles. The number of rotatable bonds is 2. The normalized spacial score (nSPS) is 21.3. The molecule has 0 saturated heterocycles. The van der Waals surface area contributed by atoms with Crippen molar-refractivity contribution in [2.75, 3.05) is 0 Å². The molecule has 0 bridgehead atoms. The van der Waals surface area contributed by atoms with Crippen LogP contribution in [-0.2, 0) is 14.6 Å². The minimum absolute atomic E-state index is 0.0422. The Labute approximate surface area is 103 Å². The van der Waals surface area contributed by atoms with E-state index in [1.54, 1.807) is 24.3 Å². The van der Waals surface area contributed by atoms with Crippen molar-refractivity contribution >= 4 is 31.6 Å². The zero-order chi connectivity index (χ0) is 11.8. The third kappa shape index (κ3) is 2.06. The molecule has 1 aliphatic carbocycles. The molecular weight excluding hydrogens is 292 g/mol. The molecular formula is C11H11BrO3S. The average molecular weight is 303 g/mol. The highest BCUT2D eigenvalue weighted by molar-refractivity contribution is 9.10. The van der Waals surface area contributed by atoms with E-state index in [2.05, 4.69) is 15.9 Å². The lowest BCUT2D eigenvalue weighted by Crippen LogP contribution is -2.18. The van der Waals surface area contributed by atoms with E-state index < -0.39 is 15.1 Å². The van der Waals surface area contributed by atoms with Crippen LogP contribution in [0.4, 0.5) is 0 Å². The molecule has 1 aromatic carbocycles.